The van der Waals surface area contributed by atoms with Crippen LogP contribution in [-0.2, 0) is 28.5 Å². The van der Waals surface area contributed by atoms with Crippen LogP contribution in [0.5, 0.6) is 5.88 Å². The first-order valence-electron chi connectivity index (χ1n) is 14.3. The number of carbonyl (C=O) groups is 3. The highest BCUT2D eigenvalue weighted by atomic mass is 16.6. The van der Waals surface area contributed by atoms with Crippen molar-refractivity contribution in [1.82, 2.24) is 4.73 Å². The van der Waals surface area contributed by atoms with Gasteiger partial charge in [0.25, 0.3) is 0 Å². The third-order valence-electron chi connectivity index (χ3n) is 9.40. The van der Waals surface area contributed by atoms with Crippen LogP contribution in [0.15, 0.2) is 35.9 Å². The average Bonchev–Trinajstić information content (AvgIpc) is 3.37. The molecule has 2 aliphatic heterocycles. The maximum absolute atomic E-state index is 13.2. The number of rotatable bonds is 5. The van der Waals surface area contributed by atoms with Crippen LogP contribution in [0.3, 0.4) is 0 Å². The Balaban J connectivity index is 1.52. The molecule has 0 amide bonds. The maximum Gasteiger partial charge on any atom is 0.358 e. The normalized spacial score (nSPS) is 41.1. The number of aliphatic hydroxyl groups excluding tert-OH is 2. The molecule has 3 heterocycles. The Labute approximate surface area is 243 Å². The molecule has 1 aromatic rings. The van der Waals surface area contributed by atoms with Gasteiger partial charge >= 0.3 is 17.9 Å². The van der Waals surface area contributed by atoms with Gasteiger partial charge in [0.15, 0.2) is 11.8 Å². The quantitative estimate of drug-likeness (QED) is 0.262. The molecule has 0 aromatic carbocycles. The van der Waals surface area contributed by atoms with Crippen molar-refractivity contribution in [2.75, 3.05) is 7.11 Å². The van der Waals surface area contributed by atoms with Gasteiger partial charge in [-0.05, 0) is 31.9 Å². The fraction of sp³-hybridized carbons (Fsp3) is 0.633. The maximum atomic E-state index is 13.2. The topological polar surface area (TPSA) is 163 Å². The third kappa shape index (κ3) is 4.74. The number of aromatic nitrogens is 1. The second-order valence-electron chi connectivity index (χ2n) is 12.0. The van der Waals surface area contributed by atoms with E-state index in [1.54, 1.807) is 13.8 Å². The molecule has 12 nitrogen and oxygen atoms in total. The zero-order valence-corrected chi connectivity index (χ0v) is 24.5. The van der Waals surface area contributed by atoms with E-state index in [2.05, 4.69) is 0 Å². The molecule has 42 heavy (non-hydrogen) atoms. The summed E-state index contributed by atoms with van der Waals surface area (Å²) >= 11 is 0. The minimum atomic E-state index is -1.05. The number of ether oxygens (including phenoxy) is 5. The van der Waals surface area contributed by atoms with E-state index < -0.39 is 72.0 Å². The number of esters is 3. The number of aliphatic hydroxyl groups is 2. The fourth-order valence-electron chi connectivity index (χ4n) is 7.47. The first-order valence-corrected chi connectivity index (χ1v) is 14.3. The Morgan fingerprint density at radius 3 is 2.57 bits per heavy atom. The lowest BCUT2D eigenvalue weighted by Gasteiger charge is -2.48. The van der Waals surface area contributed by atoms with Crippen LogP contribution in [0.1, 0.15) is 51.5 Å². The van der Waals surface area contributed by atoms with E-state index in [-0.39, 0.29) is 35.7 Å². The highest BCUT2D eigenvalue weighted by Crippen LogP contribution is 2.61. The number of cyclic esters (lactones) is 1. The van der Waals surface area contributed by atoms with Crippen LogP contribution in [0.25, 0.3) is 0 Å². The molecule has 1 aromatic heterocycles. The summed E-state index contributed by atoms with van der Waals surface area (Å²) in [5, 5.41) is 32.6. The van der Waals surface area contributed by atoms with Crippen LogP contribution in [0, 0.1) is 29.6 Å². The van der Waals surface area contributed by atoms with Crippen molar-refractivity contribution < 1.29 is 53.5 Å². The predicted molar refractivity (Wildman–Crippen MR) is 144 cm³/mol. The van der Waals surface area contributed by atoms with Gasteiger partial charge in [0.05, 0.1) is 12.2 Å². The minimum Gasteiger partial charge on any atom is -0.457 e. The molecule has 2 unspecified atom stereocenters. The molecule has 12 atom stereocenters. The van der Waals surface area contributed by atoms with E-state index in [4.69, 9.17) is 23.7 Å². The van der Waals surface area contributed by atoms with Crippen LogP contribution in [0.2, 0.25) is 0 Å². The van der Waals surface area contributed by atoms with Crippen molar-refractivity contribution in [3.63, 3.8) is 0 Å². The average molecular weight is 590 g/mol. The van der Waals surface area contributed by atoms with Gasteiger partial charge in [0.1, 0.15) is 23.9 Å². The lowest BCUT2D eigenvalue weighted by atomic mass is 9.57. The zero-order valence-electron chi connectivity index (χ0n) is 24.5. The van der Waals surface area contributed by atoms with Crippen LogP contribution in [-0.4, -0.2) is 87.4 Å². The Hall–Kier alpha value is -3.19. The van der Waals surface area contributed by atoms with Crippen molar-refractivity contribution in [2.45, 2.75) is 83.3 Å². The molecule has 12 heteroatoms. The number of carbonyl (C=O) groups excluding carboxylic acids is 3. The summed E-state index contributed by atoms with van der Waals surface area (Å²) in [5.74, 6) is -4.42. The summed E-state index contributed by atoms with van der Waals surface area (Å²) in [6, 6.07) is 2.54. The standard InChI is InChI=1S/C30H39NO11/c1-13-11-14(2)30-18(12-21(38-6)29(36)40-25(13)16(4)32)7-8-19-23(30)24(34)15(3)26(27(19)42-30)41-28(35)20-9-10-22(31(20)37)39-17(5)33/h7-11,13,15-16,18-19,21,23-27,32,34,37H,12H2,1-6H3/b14-11+/t13-,15-,16-,18-,19?,21+,23?,24-,25+,26-,27-,30+/m1/s1. The van der Waals surface area contributed by atoms with E-state index in [1.165, 1.54) is 26.2 Å². The van der Waals surface area contributed by atoms with Gasteiger partial charge < -0.3 is 39.1 Å². The van der Waals surface area contributed by atoms with Crippen LogP contribution < -0.4 is 4.74 Å². The minimum absolute atomic E-state index is 0.205. The lowest BCUT2D eigenvalue weighted by molar-refractivity contribution is -0.172. The second-order valence-corrected chi connectivity index (χ2v) is 12.0. The van der Waals surface area contributed by atoms with Crippen molar-refractivity contribution in [2.24, 2.45) is 29.6 Å². The van der Waals surface area contributed by atoms with E-state index in [0.29, 0.717) is 4.73 Å². The van der Waals surface area contributed by atoms with Crippen LogP contribution >= 0.6 is 0 Å². The van der Waals surface area contributed by atoms with Crippen molar-refractivity contribution in [1.29, 1.82) is 0 Å². The Morgan fingerprint density at radius 2 is 1.93 bits per heavy atom. The van der Waals surface area contributed by atoms with Gasteiger partial charge in [0.2, 0.25) is 5.88 Å². The Morgan fingerprint density at radius 1 is 1.21 bits per heavy atom. The summed E-state index contributed by atoms with van der Waals surface area (Å²) < 4.78 is 29.4. The van der Waals surface area contributed by atoms with Gasteiger partial charge in [-0.25, -0.2) is 9.59 Å². The Bertz CT molecular complexity index is 1300. The highest BCUT2D eigenvalue weighted by molar-refractivity contribution is 5.88. The molecule has 1 saturated heterocycles. The summed E-state index contributed by atoms with van der Waals surface area (Å²) in [4.78, 5) is 37.7. The fourth-order valence-corrected chi connectivity index (χ4v) is 7.47. The highest BCUT2D eigenvalue weighted by Gasteiger charge is 2.69. The molecular formula is C30H39NO11. The van der Waals surface area contributed by atoms with Gasteiger partial charge in [0, 0.05) is 49.7 Å². The molecule has 0 radical (unpaired) electrons. The summed E-state index contributed by atoms with van der Waals surface area (Å²) in [7, 11) is 1.42. The van der Waals surface area contributed by atoms with Gasteiger partial charge in [-0.15, -0.1) is 4.73 Å². The first-order chi connectivity index (χ1) is 19.8. The monoisotopic (exact) mass is 589 g/mol. The lowest BCUT2D eigenvalue weighted by Crippen LogP contribution is -2.57. The molecule has 2 fully saturated rings. The molecule has 1 spiro atoms. The number of nitrogens with zero attached hydrogens (tertiary/aromatic N) is 1. The largest absolute Gasteiger partial charge is 0.457 e. The smallest absolute Gasteiger partial charge is 0.358 e. The summed E-state index contributed by atoms with van der Waals surface area (Å²) in [5.41, 5.74) is -0.490. The molecule has 1 saturated carbocycles. The van der Waals surface area contributed by atoms with Gasteiger partial charge in [-0.1, -0.05) is 32.1 Å². The van der Waals surface area contributed by atoms with Crippen molar-refractivity contribution in [3.05, 3.63) is 41.6 Å². The predicted octanol–water partition coefficient (Wildman–Crippen LogP) is 2.04. The Kier molecular flexibility index (Phi) is 8.03. The van der Waals surface area contributed by atoms with Crippen LogP contribution in [0.4, 0.5) is 0 Å². The number of methoxy groups -OCH3 is 1. The number of hydrogen-bond donors (Lipinski definition) is 3. The summed E-state index contributed by atoms with van der Waals surface area (Å²) in [6.07, 6.45) is 0.859. The van der Waals surface area contributed by atoms with E-state index in [0.717, 1.165) is 5.57 Å². The molecule has 4 aliphatic rings. The van der Waals surface area contributed by atoms with Crippen molar-refractivity contribution >= 4 is 17.9 Å². The van der Waals surface area contributed by atoms with E-state index >= 15 is 0 Å². The van der Waals surface area contributed by atoms with Gasteiger partial charge in [-0.3, -0.25) is 4.79 Å². The number of hydrogen-bond acceptors (Lipinski definition) is 11. The van der Waals surface area contributed by atoms with E-state index in [1.807, 2.05) is 32.1 Å². The second kappa shape index (κ2) is 11.1. The van der Waals surface area contributed by atoms with Gasteiger partial charge in [-0.2, -0.15) is 0 Å². The molecule has 5 rings (SSSR count). The SMILES string of the molecule is CO[C@H]1C[C@H]2C=CC3C4[C@H](O)[C@@H](C)[C@@H](OC(=O)c5ccc(OC(C)=O)n5O)[C@@H]3O[C@]42/C(C)=C/[C@@H](C)[C@@H]([C@@H](C)O)OC1=O. The van der Waals surface area contributed by atoms with Crippen molar-refractivity contribution in [3.8, 4) is 5.88 Å². The molecular weight excluding hydrogens is 550 g/mol. The van der Waals surface area contributed by atoms with E-state index in [9.17, 15) is 29.8 Å². The molecule has 2 aliphatic carbocycles. The summed E-state index contributed by atoms with van der Waals surface area (Å²) in [6.45, 7) is 8.27. The first kappa shape index (κ1) is 30.3. The molecule has 3 N–H and O–H groups in total. The molecule has 4 bridgehead atoms. The third-order valence-corrected chi connectivity index (χ3v) is 9.40. The molecule has 230 valence electrons. The zero-order chi connectivity index (χ0) is 30.7.